The maximum atomic E-state index is 11.6. The Morgan fingerprint density at radius 2 is 1.83 bits per heavy atom. The normalized spacial score (nSPS) is 10.6. The lowest BCUT2D eigenvalue weighted by atomic mass is 9.94. The highest BCUT2D eigenvalue weighted by Gasteiger charge is 2.29. The zero-order valence-electron chi connectivity index (χ0n) is 10.8. The van der Waals surface area contributed by atoms with Crippen LogP contribution >= 0.6 is 0 Å². The Morgan fingerprint density at radius 3 is 2.39 bits per heavy atom. The molecule has 0 unspecified atom stereocenters. The van der Waals surface area contributed by atoms with Crippen LogP contribution in [0.4, 0.5) is 10.5 Å². The van der Waals surface area contributed by atoms with Crippen LogP contribution in [-0.2, 0) is 9.53 Å². The van der Waals surface area contributed by atoms with Crippen LogP contribution in [0.3, 0.4) is 0 Å². The van der Waals surface area contributed by atoms with Crippen LogP contribution < -0.4 is 10.6 Å². The summed E-state index contributed by atoms with van der Waals surface area (Å²) in [7, 11) is 1.33. The Bertz CT molecular complexity index is 416. The maximum Gasteiger partial charge on any atom is 0.319 e. The first-order valence-corrected chi connectivity index (χ1v) is 5.64. The third kappa shape index (κ3) is 4.08. The minimum absolute atomic E-state index is 0.207. The Hall–Kier alpha value is -2.04. The molecule has 1 rings (SSSR count). The van der Waals surface area contributed by atoms with Gasteiger partial charge in [-0.15, -0.1) is 0 Å². The highest BCUT2D eigenvalue weighted by Crippen LogP contribution is 2.15. The number of esters is 1. The minimum Gasteiger partial charge on any atom is -0.469 e. The molecule has 5 heteroatoms. The molecule has 98 valence electrons. The molecule has 0 spiro atoms. The average molecular weight is 250 g/mol. The summed E-state index contributed by atoms with van der Waals surface area (Å²) in [6.07, 6.45) is 0. The highest BCUT2D eigenvalue weighted by atomic mass is 16.5. The molecule has 18 heavy (non-hydrogen) atoms. The Kier molecular flexibility index (Phi) is 4.71. The molecule has 0 saturated carbocycles. The van der Waals surface area contributed by atoms with Gasteiger partial charge in [0.05, 0.1) is 12.5 Å². The van der Waals surface area contributed by atoms with E-state index in [9.17, 15) is 9.59 Å². The van der Waals surface area contributed by atoms with Crippen molar-refractivity contribution in [2.75, 3.05) is 19.0 Å². The van der Waals surface area contributed by atoms with E-state index < -0.39 is 5.41 Å². The molecule has 0 fully saturated rings. The number of amides is 2. The van der Waals surface area contributed by atoms with E-state index in [0.717, 1.165) is 0 Å². The van der Waals surface area contributed by atoms with Crippen LogP contribution in [0.2, 0.25) is 0 Å². The third-order valence-electron chi connectivity index (χ3n) is 2.46. The van der Waals surface area contributed by atoms with E-state index >= 15 is 0 Å². The summed E-state index contributed by atoms with van der Waals surface area (Å²) in [4.78, 5) is 23.0. The van der Waals surface area contributed by atoms with Crippen molar-refractivity contribution in [2.24, 2.45) is 5.41 Å². The SMILES string of the molecule is COC(=O)C(C)(C)CNC(=O)Nc1ccccc1. The van der Waals surface area contributed by atoms with Gasteiger partial charge >= 0.3 is 12.0 Å². The van der Waals surface area contributed by atoms with E-state index in [2.05, 4.69) is 15.4 Å². The van der Waals surface area contributed by atoms with Crippen LogP contribution in [0.5, 0.6) is 0 Å². The molecule has 2 amide bonds. The number of methoxy groups -OCH3 is 1. The number of nitrogens with one attached hydrogen (secondary N) is 2. The van der Waals surface area contributed by atoms with Crippen molar-refractivity contribution in [2.45, 2.75) is 13.8 Å². The van der Waals surface area contributed by atoms with E-state index in [1.807, 2.05) is 18.2 Å². The largest absolute Gasteiger partial charge is 0.469 e. The molecule has 2 N–H and O–H groups in total. The van der Waals surface area contributed by atoms with Crippen molar-refractivity contribution in [3.05, 3.63) is 30.3 Å². The Balaban J connectivity index is 2.45. The molecule has 1 aromatic rings. The predicted octanol–water partition coefficient (Wildman–Crippen LogP) is 2.01. The van der Waals surface area contributed by atoms with Gasteiger partial charge in [-0.1, -0.05) is 18.2 Å². The first-order chi connectivity index (χ1) is 8.45. The fourth-order valence-electron chi connectivity index (χ4n) is 1.35. The quantitative estimate of drug-likeness (QED) is 0.803. The summed E-state index contributed by atoms with van der Waals surface area (Å²) in [6.45, 7) is 3.63. The van der Waals surface area contributed by atoms with E-state index in [-0.39, 0.29) is 18.5 Å². The summed E-state index contributed by atoms with van der Waals surface area (Å²) in [6, 6.07) is 8.74. The fraction of sp³-hybridized carbons (Fsp3) is 0.385. The maximum absolute atomic E-state index is 11.6. The van der Waals surface area contributed by atoms with Gasteiger partial charge in [-0.25, -0.2) is 4.79 Å². The zero-order chi connectivity index (χ0) is 13.6. The molecule has 0 aromatic heterocycles. The number of carbonyl (C=O) groups is 2. The van der Waals surface area contributed by atoms with Crippen LogP contribution in [0.1, 0.15) is 13.8 Å². The lowest BCUT2D eigenvalue weighted by Gasteiger charge is -2.21. The summed E-state index contributed by atoms with van der Waals surface area (Å²) < 4.78 is 4.65. The number of ether oxygens (including phenoxy) is 1. The van der Waals surface area contributed by atoms with E-state index in [4.69, 9.17) is 0 Å². The number of carbonyl (C=O) groups excluding carboxylic acids is 2. The summed E-state index contributed by atoms with van der Waals surface area (Å²) in [5.74, 6) is -0.359. The minimum atomic E-state index is -0.747. The van der Waals surface area contributed by atoms with Crippen LogP contribution in [0.25, 0.3) is 0 Å². The number of rotatable bonds is 4. The summed E-state index contributed by atoms with van der Waals surface area (Å²) in [5.41, 5.74) is -0.0474. The number of benzene rings is 1. The molecule has 1 aromatic carbocycles. The second-order valence-corrected chi connectivity index (χ2v) is 4.55. The molecular formula is C13H18N2O3. The van der Waals surface area contributed by atoms with Crippen molar-refractivity contribution in [1.82, 2.24) is 5.32 Å². The van der Waals surface area contributed by atoms with Gasteiger partial charge in [0.1, 0.15) is 0 Å². The average Bonchev–Trinajstić information content (AvgIpc) is 2.36. The first-order valence-electron chi connectivity index (χ1n) is 5.64. The third-order valence-corrected chi connectivity index (χ3v) is 2.46. The van der Waals surface area contributed by atoms with Gasteiger partial charge in [-0.2, -0.15) is 0 Å². The number of anilines is 1. The van der Waals surface area contributed by atoms with Crippen molar-refractivity contribution >= 4 is 17.7 Å². The Morgan fingerprint density at radius 1 is 1.22 bits per heavy atom. The number of urea groups is 1. The summed E-state index contributed by atoms with van der Waals surface area (Å²) >= 11 is 0. The van der Waals surface area contributed by atoms with Gasteiger partial charge in [0.15, 0.2) is 0 Å². The molecule has 0 aliphatic carbocycles. The lowest BCUT2D eigenvalue weighted by Crippen LogP contribution is -2.41. The van der Waals surface area contributed by atoms with E-state index in [1.54, 1.807) is 26.0 Å². The van der Waals surface area contributed by atoms with E-state index in [0.29, 0.717) is 5.69 Å². The molecular weight excluding hydrogens is 232 g/mol. The predicted molar refractivity (Wildman–Crippen MR) is 69.3 cm³/mol. The van der Waals surface area contributed by atoms with Crippen LogP contribution in [0.15, 0.2) is 30.3 Å². The molecule has 0 heterocycles. The van der Waals surface area contributed by atoms with Gasteiger partial charge < -0.3 is 15.4 Å². The lowest BCUT2D eigenvalue weighted by molar-refractivity contribution is -0.150. The van der Waals surface area contributed by atoms with Crippen molar-refractivity contribution in [3.8, 4) is 0 Å². The fourth-order valence-corrected chi connectivity index (χ4v) is 1.35. The smallest absolute Gasteiger partial charge is 0.319 e. The summed E-state index contributed by atoms with van der Waals surface area (Å²) in [5, 5.41) is 5.31. The van der Waals surface area contributed by atoms with Crippen molar-refractivity contribution in [3.63, 3.8) is 0 Å². The topological polar surface area (TPSA) is 67.4 Å². The molecule has 0 aliphatic rings. The van der Waals surface area contributed by atoms with Gasteiger partial charge in [0.2, 0.25) is 0 Å². The second-order valence-electron chi connectivity index (χ2n) is 4.55. The van der Waals surface area contributed by atoms with Gasteiger partial charge in [-0.05, 0) is 26.0 Å². The molecule has 0 aliphatic heterocycles. The second kappa shape index (κ2) is 6.05. The first kappa shape index (κ1) is 14.0. The van der Waals surface area contributed by atoms with Gasteiger partial charge in [-0.3, -0.25) is 4.79 Å². The zero-order valence-corrected chi connectivity index (χ0v) is 10.8. The molecule has 0 bridgehead atoms. The Labute approximate surface area is 107 Å². The standard InChI is InChI=1S/C13H18N2O3/c1-13(2,11(16)18-3)9-14-12(17)15-10-7-5-4-6-8-10/h4-8H,9H2,1-3H3,(H2,14,15,17). The van der Waals surface area contributed by atoms with Crippen molar-refractivity contribution in [1.29, 1.82) is 0 Å². The molecule has 0 radical (unpaired) electrons. The van der Waals surface area contributed by atoms with Crippen molar-refractivity contribution < 1.29 is 14.3 Å². The van der Waals surface area contributed by atoms with Crippen LogP contribution in [0, 0.1) is 5.41 Å². The molecule has 5 nitrogen and oxygen atoms in total. The van der Waals surface area contributed by atoms with Gasteiger partial charge in [0, 0.05) is 12.2 Å². The van der Waals surface area contributed by atoms with Crippen LogP contribution in [-0.4, -0.2) is 25.7 Å². The number of para-hydroxylation sites is 1. The highest BCUT2D eigenvalue weighted by molar-refractivity contribution is 5.89. The number of hydrogen-bond acceptors (Lipinski definition) is 3. The molecule has 0 atom stereocenters. The molecule has 0 saturated heterocycles. The monoisotopic (exact) mass is 250 g/mol. The van der Waals surface area contributed by atoms with Gasteiger partial charge in [0.25, 0.3) is 0 Å². The van der Waals surface area contributed by atoms with E-state index in [1.165, 1.54) is 7.11 Å². The number of hydrogen-bond donors (Lipinski definition) is 2.